The first-order chi connectivity index (χ1) is 5.29. The number of carbonyl (C=O) groups is 1. The number of hydrogen-bond donors (Lipinski definition) is 0. The molecule has 0 aromatic rings. The number of ether oxygens (including phenoxy) is 2. The Morgan fingerprint density at radius 3 is 3.00 bits per heavy atom. The summed E-state index contributed by atoms with van der Waals surface area (Å²) in [5.41, 5.74) is 0. The standard InChI is InChI=1S/C8H10O3/c1-7(9)11-6-8-4-2-3-5-10-8/h2-5,8H,6H2,1H3/t8-/m0/s1. The first kappa shape index (κ1) is 7.85. The first-order valence-corrected chi connectivity index (χ1v) is 3.41. The Labute approximate surface area is 65.3 Å². The van der Waals surface area contributed by atoms with Gasteiger partial charge in [-0.2, -0.15) is 0 Å². The molecule has 0 saturated heterocycles. The molecule has 1 heterocycles. The van der Waals surface area contributed by atoms with Crippen molar-refractivity contribution in [2.75, 3.05) is 6.61 Å². The van der Waals surface area contributed by atoms with Crippen molar-refractivity contribution in [2.24, 2.45) is 0 Å². The summed E-state index contributed by atoms with van der Waals surface area (Å²) in [5.74, 6) is -0.281. The smallest absolute Gasteiger partial charge is 0.302 e. The van der Waals surface area contributed by atoms with Gasteiger partial charge in [-0.05, 0) is 12.2 Å². The molecule has 0 fully saturated rings. The van der Waals surface area contributed by atoms with Gasteiger partial charge in [-0.15, -0.1) is 0 Å². The molecule has 0 N–H and O–H groups in total. The van der Waals surface area contributed by atoms with Crippen molar-refractivity contribution >= 4 is 5.97 Å². The van der Waals surface area contributed by atoms with Gasteiger partial charge in [0.25, 0.3) is 0 Å². The minimum atomic E-state index is -0.281. The Bertz CT molecular complexity index is 194. The van der Waals surface area contributed by atoms with Gasteiger partial charge in [0.1, 0.15) is 6.61 Å². The quantitative estimate of drug-likeness (QED) is 0.557. The average molecular weight is 154 g/mol. The van der Waals surface area contributed by atoms with Gasteiger partial charge in [0.05, 0.1) is 6.26 Å². The number of esters is 1. The van der Waals surface area contributed by atoms with Crippen LogP contribution in [0.15, 0.2) is 24.5 Å². The minimum Gasteiger partial charge on any atom is -0.490 e. The van der Waals surface area contributed by atoms with E-state index in [-0.39, 0.29) is 18.7 Å². The van der Waals surface area contributed by atoms with E-state index in [1.807, 2.05) is 12.2 Å². The predicted octanol–water partition coefficient (Wildman–Crippen LogP) is 1.02. The monoisotopic (exact) mass is 154 g/mol. The maximum Gasteiger partial charge on any atom is 0.302 e. The summed E-state index contributed by atoms with van der Waals surface area (Å²) in [6.07, 6.45) is 6.93. The third-order valence-corrected chi connectivity index (χ3v) is 1.22. The molecule has 0 radical (unpaired) electrons. The molecule has 0 amide bonds. The maximum absolute atomic E-state index is 10.4. The second-order valence-corrected chi connectivity index (χ2v) is 2.19. The van der Waals surface area contributed by atoms with Crippen molar-refractivity contribution in [3.8, 4) is 0 Å². The maximum atomic E-state index is 10.4. The molecule has 11 heavy (non-hydrogen) atoms. The van der Waals surface area contributed by atoms with E-state index < -0.39 is 0 Å². The highest BCUT2D eigenvalue weighted by Crippen LogP contribution is 2.02. The van der Waals surface area contributed by atoms with E-state index in [0.717, 1.165) is 0 Å². The SMILES string of the molecule is CC(=O)OC[C@@H]1C=CC=CO1. The van der Waals surface area contributed by atoms with Crippen molar-refractivity contribution in [3.05, 3.63) is 24.5 Å². The van der Waals surface area contributed by atoms with E-state index in [1.165, 1.54) is 6.92 Å². The molecule has 0 aromatic heterocycles. The summed E-state index contributed by atoms with van der Waals surface area (Å²) in [5, 5.41) is 0. The third kappa shape index (κ3) is 2.89. The van der Waals surface area contributed by atoms with Crippen molar-refractivity contribution < 1.29 is 14.3 Å². The molecule has 0 spiro atoms. The van der Waals surface area contributed by atoms with E-state index in [9.17, 15) is 4.79 Å². The molecule has 1 atom stereocenters. The topological polar surface area (TPSA) is 35.5 Å². The fourth-order valence-electron chi connectivity index (χ4n) is 0.719. The third-order valence-electron chi connectivity index (χ3n) is 1.22. The van der Waals surface area contributed by atoms with Crippen LogP contribution in [0.4, 0.5) is 0 Å². The van der Waals surface area contributed by atoms with Gasteiger partial charge in [0.15, 0.2) is 6.10 Å². The normalized spacial score (nSPS) is 21.0. The van der Waals surface area contributed by atoms with Gasteiger partial charge in [-0.1, -0.05) is 6.08 Å². The highest BCUT2D eigenvalue weighted by molar-refractivity contribution is 5.65. The van der Waals surface area contributed by atoms with Crippen molar-refractivity contribution in [1.29, 1.82) is 0 Å². The summed E-state index contributed by atoms with van der Waals surface area (Å²) in [6, 6.07) is 0. The Kier molecular flexibility index (Phi) is 2.72. The largest absolute Gasteiger partial charge is 0.490 e. The molecule has 0 aromatic carbocycles. The van der Waals surface area contributed by atoms with Gasteiger partial charge in [-0.25, -0.2) is 0 Å². The number of rotatable bonds is 2. The molecule has 3 heteroatoms. The summed E-state index contributed by atoms with van der Waals surface area (Å²) >= 11 is 0. The van der Waals surface area contributed by atoms with E-state index in [1.54, 1.807) is 12.3 Å². The van der Waals surface area contributed by atoms with Crippen molar-refractivity contribution in [1.82, 2.24) is 0 Å². The van der Waals surface area contributed by atoms with E-state index >= 15 is 0 Å². The summed E-state index contributed by atoms with van der Waals surface area (Å²) < 4.78 is 9.82. The van der Waals surface area contributed by atoms with Gasteiger partial charge in [0.2, 0.25) is 0 Å². The van der Waals surface area contributed by atoms with E-state index in [4.69, 9.17) is 9.47 Å². The molecule has 1 aliphatic heterocycles. The van der Waals surface area contributed by atoms with Gasteiger partial charge in [0, 0.05) is 6.92 Å². The Balaban J connectivity index is 2.22. The Morgan fingerprint density at radius 1 is 1.64 bits per heavy atom. The van der Waals surface area contributed by atoms with Crippen LogP contribution in [-0.2, 0) is 14.3 Å². The van der Waals surface area contributed by atoms with E-state index in [0.29, 0.717) is 0 Å². The molecular weight excluding hydrogens is 144 g/mol. The van der Waals surface area contributed by atoms with Crippen LogP contribution in [0.25, 0.3) is 0 Å². The Morgan fingerprint density at radius 2 is 2.45 bits per heavy atom. The van der Waals surface area contributed by atoms with Gasteiger partial charge in [-0.3, -0.25) is 4.79 Å². The summed E-state index contributed by atoms with van der Waals surface area (Å²) in [4.78, 5) is 10.4. The van der Waals surface area contributed by atoms with Crippen LogP contribution < -0.4 is 0 Å². The average Bonchev–Trinajstić information content (AvgIpc) is 2.03. The zero-order chi connectivity index (χ0) is 8.10. The second-order valence-electron chi connectivity index (χ2n) is 2.19. The van der Waals surface area contributed by atoms with Crippen LogP contribution in [0.1, 0.15) is 6.92 Å². The number of hydrogen-bond acceptors (Lipinski definition) is 3. The molecule has 0 aliphatic carbocycles. The summed E-state index contributed by atoms with van der Waals surface area (Å²) in [7, 11) is 0. The Hall–Kier alpha value is -1.25. The molecule has 0 unspecified atom stereocenters. The molecule has 3 nitrogen and oxygen atoms in total. The number of allylic oxidation sites excluding steroid dienone is 2. The van der Waals surface area contributed by atoms with Crippen LogP contribution in [0.3, 0.4) is 0 Å². The highest BCUT2D eigenvalue weighted by atomic mass is 16.6. The minimum absolute atomic E-state index is 0.121. The fourth-order valence-corrected chi connectivity index (χ4v) is 0.719. The van der Waals surface area contributed by atoms with E-state index in [2.05, 4.69) is 0 Å². The predicted molar refractivity (Wildman–Crippen MR) is 39.8 cm³/mol. The van der Waals surface area contributed by atoms with Gasteiger partial charge >= 0.3 is 5.97 Å². The lowest BCUT2D eigenvalue weighted by Gasteiger charge is -2.13. The molecule has 60 valence electrons. The van der Waals surface area contributed by atoms with Crippen LogP contribution in [-0.4, -0.2) is 18.7 Å². The number of carbonyl (C=O) groups excluding carboxylic acids is 1. The summed E-state index contributed by atoms with van der Waals surface area (Å²) in [6.45, 7) is 1.67. The van der Waals surface area contributed by atoms with Crippen LogP contribution in [0, 0.1) is 0 Å². The van der Waals surface area contributed by atoms with Crippen molar-refractivity contribution in [3.63, 3.8) is 0 Å². The molecule has 1 aliphatic rings. The molecular formula is C8H10O3. The lowest BCUT2D eigenvalue weighted by molar-refractivity contribution is -0.143. The fraction of sp³-hybridized carbons (Fsp3) is 0.375. The molecule has 0 saturated carbocycles. The first-order valence-electron chi connectivity index (χ1n) is 3.41. The van der Waals surface area contributed by atoms with Crippen LogP contribution in [0.5, 0.6) is 0 Å². The lowest BCUT2D eigenvalue weighted by Crippen LogP contribution is -2.17. The molecule has 1 rings (SSSR count). The van der Waals surface area contributed by atoms with Crippen molar-refractivity contribution in [2.45, 2.75) is 13.0 Å². The zero-order valence-corrected chi connectivity index (χ0v) is 6.32. The van der Waals surface area contributed by atoms with Crippen LogP contribution >= 0.6 is 0 Å². The molecule has 0 bridgehead atoms. The zero-order valence-electron chi connectivity index (χ0n) is 6.32. The highest BCUT2D eigenvalue weighted by Gasteiger charge is 2.06. The van der Waals surface area contributed by atoms with Gasteiger partial charge < -0.3 is 9.47 Å². The van der Waals surface area contributed by atoms with Crippen LogP contribution in [0.2, 0.25) is 0 Å². The lowest BCUT2D eigenvalue weighted by atomic mass is 10.3. The second kappa shape index (κ2) is 3.81.